The van der Waals surface area contributed by atoms with Crippen LogP contribution in [-0.4, -0.2) is 53.0 Å². The molecule has 4 aliphatic heterocycles. The van der Waals surface area contributed by atoms with E-state index in [2.05, 4.69) is 298 Å². The Hall–Kier alpha value is -5.49. The molecule has 1 spiro atoms. The third kappa shape index (κ3) is 8.60. The van der Waals surface area contributed by atoms with Gasteiger partial charge in [-0.05, 0) is 0 Å². The molecule has 0 saturated heterocycles. The second kappa shape index (κ2) is 22.9. The van der Waals surface area contributed by atoms with Crippen molar-refractivity contribution < 1.29 is 9.47 Å². The molecule has 90 heavy (non-hydrogen) atoms. The maximum absolute atomic E-state index is 7.26. The van der Waals surface area contributed by atoms with Crippen LogP contribution in [0.3, 0.4) is 0 Å². The summed E-state index contributed by atoms with van der Waals surface area (Å²) in [6, 6.07) is 60.8. The van der Waals surface area contributed by atoms with Gasteiger partial charge in [0, 0.05) is 0 Å². The van der Waals surface area contributed by atoms with Gasteiger partial charge in [0.2, 0.25) is 0 Å². The molecule has 0 unspecified atom stereocenters. The quantitative estimate of drug-likeness (QED) is 0.0797. The van der Waals surface area contributed by atoms with Gasteiger partial charge in [-0.2, -0.15) is 0 Å². The molecule has 2 nitrogen and oxygen atoms in total. The number of hydrogen-bond acceptors (Lipinski definition) is 2. The van der Waals surface area contributed by atoms with Crippen molar-refractivity contribution in [1.82, 2.24) is 0 Å². The first-order valence-electron chi connectivity index (χ1n) is 34.7. The Balaban J connectivity index is 1.35. The van der Waals surface area contributed by atoms with Gasteiger partial charge in [0.05, 0.1) is 0 Å². The van der Waals surface area contributed by atoms with E-state index in [9.17, 15) is 0 Å². The predicted octanol–water partition coefficient (Wildman–Crippen LogP) is 21.9. The first-order chi connectivity index (χ1) is 43.0. The predicted molar refractivity (Wildman–Crippen MR) is 389 cm³/mol. The van der Waals surface area contributed by atoms with Gasteiger partial charge in [-0.3, -0.25) is 0 Å². The number of benzene rings is 7. The Morgan fingerprint density at radius 1 is 0.378 bits per heavy atom. The van der Waals surface area contributed by atoms with E-state index in [1.807, 2.05) is 14.2 Å². The van der Waals surface area contributed by atoms with Crippen LogP contribution in [0, 0.1) is 22.7 Å². The molecular weight excluding hydrogens is 1210 g/mol. The maximum atomic E-state index is 7.26. The Labute approximate surface area is 547 Å². The van der Waals surface area contributed by atoms with Gasteiger partial charge in [0.1, 0.15) is 0 Å². The van der Waals surface area contributed by atoms with Crippen molar-refractivity contribution in [3.05, 3.63) is 238 Å². The van der Waals surface area contributed by atoms with E-state index >= 15 is 0 Å². The third-order valence-corrected chi connectivity index (χ3v) is 51.5. The van der Waals surface area contributed by atoms with Crippen molar-refractivity contribution in [3.63, 3.8) is 0 Å². The number of allylic oxidation sites excluding steroid dienone is 4. The summed E-state index contributed by atoms with van der Waals surface area (Å²) in [5, 5.41) is 0. The summed E-state index contributed by atoms with van der Waals surface area (Å²) < 4.78 is 21.4. The van der Waals surface area contributed by atoms with Crippen molar-refractivity contribution in [1.29, 1.82) is 0 Å². The average molecular weight is 1310 g/mol. The molecule has 7 aromatic carbocycles. The molecule has 7 aromatic rings. The van der Waals surface area contributed by atoms with Crippen molar-refractivity contribution in [3.8, 4) is 33.4 Å². The van der Waals surface area contributed by atoms with Crippen molar-refractivity contribution in [2.24, 2.45) is 22.7 Å². The molecule has 4 heteroatoms. The summed E-state index contributed by atoms with van der Waals surface area (Å²) >= 11 is -9.04. The fraction of sp³-hybridized carbons (Fsp3) is 0.419. The molecule has 10 atom stereocenters. The van der Waals surface area contributed by atoms with Crippen LogP contribution in [0.15, 0.2) is 188 Å². The number of fused-ring (bicyclic) bond motifs is 2. The van der Waals surface area contributed by atoms with Gasteiger partial charge in [-0.1, -0.05) is 0 Å². The van der Waals surface area contributed by atoms with Crippen molar-refractivity contribution in [2.75, 3.05) is 14.2 Å². The zero-order valence-electron chi connectivity index (χ0n) is 58.1. The minimum atomic E-state index is -4.61. The molecule has 2 bridgehead atoms. The van der Waals surface area contributed by atoms with Gasteiger partial charge >= 0.3 is 552 Å². The van der Waals surface area contributed by atoms with Crippen LogP contribution in [0.5, 0.6) is 0 Å². The number of methoxy groups -OCH3 is 2. The molecular formula is C86H102Ge2O2. The fourth-order valence-electron chi connectivity index (χ4n) is 20.2. The van der Waals surface area contributed by atoms with E-state index in [4.69, 9.17) is 9.47 Å². The van der Waals surface area contributed by atoms with Gasteiger partial charge in [0.15, 0.2) is 0 Å². The molecule has 2 saturated carbocycles. The fourth-order valence-corrected chi connectivity index (χ4v) is 63.9. The van der Waals surface area contributed by atoms with Gasteiger partial charge in [-0.15, -0.1) is 0 Å². The van der Waals surface area contributed by atoms with Crippen LogP contribution in [0.1, 0.15) is 222 Å². The Morgan fingerprint density at radius 2 is 0.733 bits per heavy atom. The van der Waals surface area contributed by atoms with Crippen LogP contribution in [-0.2, 0) is 9.47 Å². The first-order valence-corrected chi connectivity index (χ1v) is 43.6. The summed E-state index contributed by atoms with van der Waals surface area (Å²) in [6.07, 6.45) is 5.68. The molecule has 0 aromatic heterocycles. The average Bonchev–Trinajstić information content (AvgIpc) is 1.50. The molecule has 14 rings (SSSR count). The first kappa shape index (κ1) is 63.3. The normalized spacial score (nSPS) is 27.9. The van der Waals surface area contributed by atoms with Crippen molar-refractivity contribution in [2.45, 2.75) is 193 Å². The topological polar surface area (TPSA) is 18.5 Å². The van der Waals surface area contributed by atoms with Crippen LogP contribution in [0.25, 0.3) is 39.0 Å². The Morgan fingerprint density at radius 3 is 1.09 bits per heavy atom. The molecule has 7 aliphatic rings. The van der Waals surface area contributed by atoms with Crippen LogP contribution >= 0.6 is 0 Å². The second-order valence-electron chi connectivity index (χ2n) is 31.1. The van der Waals surface area contributed by atoms with Gasteiger partial charge in [-0.25, -0.2) is 0 Å². The summed E-state index contributed by atoms with van der Waals surface area (Å²) in [5.41, 5.74) is 24.5. The second-order valence-corrected chi connectivity index (χ2v) is 46.8. The summed E-state index contributed by atoms with van der Waals surface area (Å²) in [7, 11) is 4.09. The van der Waals surface area contributed by atoms with Gasteiger partial charge < -0.3 is 0 Å². The van der Waals surface area contributed by atoms with E-state index in [1.54, 1.807) is 34.3 Å². The molecule has 3 aliphatic carbocycles. The summed E-state index contributed by atoms with van der Waals surface area (Å²) in [5.74, 6) is 2.76. The minimum absolute atomic E-state index is 0.00980. The summed E-state index contributed by atoms with van der Waals surface area (Å²) in [6.45, 7) is 45.2. The number of rotatable bonds is 18. The molecule has 0 N–H and O–H groups in total. The standard InChI is InChI=1S/C86H102Ge2O2/c1-50(2)60-36-27-37-61(51(3)4)74(60)67-42-30-43-68(75-62(52(5)6)38-28-39-63(75)53(7)8)80(67)87-48-73(85(18)78(83(85)90-20)59-34-25-22-26-35-59)88(49-72(87)84(17)77(82(84)89-19)58-32-23-21-24-33-58)81-69(76-64(54(9)10)40-29-41-65(76)55(11)12)44-31-45-70(81)79-66(56(13)14)46-47-71(87)86(79,88)57(15)16/h21-57,71,77-78,82-83H,1-20H3/t71-,77+,78-,82-,83+,84-,85+,86-,87-,88-/m1/s1. The molecule has 4 heterocycles. The zero-order valence-corrected chi connectivity index (χ0v) is 62.3. The van der Waals surface area contributed by atoms with Crippen LogP contribution in [0.2, 0.25) is 9.00 Å². The van der Waals surface area contributed by atoms with E-state index in [1.165, 1.54) is 77.9 Å². The zero-order chi connectivity index (χ0) is 64.1. The van der Waals surface area contributed by atoms with E-state index < -0.39 is 26.5 Å². The Bertz CT molecular complexity index is 3930. The number of ether oxygens (including phenoxy) is 2. The molecule has 0 amide bonds. The van der Waals surface area contributed by atoms with E-state index in [-0.39, 0.29) is 49.8 Å². The SMILES string of the molecule is CO[C@@H]1[C@H](c2ccccc2)[C@@]1(C)[C]1=[CH][Ge@@]23[C]([C@@]4(C)[C@H](c5ccccc5)[C@@H]4OC)=[CH][Ge@@]1([c]1c(-c4c(C(C)C)cccc4C(C)C)cccc1-c1c(C(C)C)cccc1C(C)C)[C@@H]1C=CC(C(C)C)=C(c4cccc(-c5c(C(C)C)cccc5C(C)C)[c]42)[C@@]13C(C)C. The monoisotopic (exact) mass is 1310 g/mol. The third-order valence-electron chi connectivity index (χ3n) is 23.9. The van der Waals surface area contributed by atoms with Gasteiger partial charge in [0.25, 0.3) is 0 Å². The van der Waals surface area contributed by atoms with E-state index in [0.29, 0.717) is 41.4 Å². The molecule has 466 valence electrons. The molecule has 0 radical (unpaired) electrons. The Kier molecular flexibility index (Phi) is 16.1. The van der Waals surface area contributed by atoms with E-state index in [0.717, 1.165) is 0 Å². The molecule has 2 fully saturated rings. The summed E-state index contributed by atoms with van der Waals surface area (Å²) in [4.78, 5) is 6.66. The van der Waals surface area contributed by atoms with Crippen molar-refractivity contribution >= 4 is 40.9 Å². The van der Waals surface area contributed by atoms with Crippen LogP contribution < -0.4 is 8.79 Å². The number of hydrogen-bond donors (Lipinski definition) is 0. The van der Waals surface area contributed by atoms with Crippen LogP contribution in [0.4, 0.5) is 0 Å².